The summed E-state index contributed by atoms with van der Waals surface area (Å²) in [5.74, 6) is 1.10. The molecule has 172 valence electrons. The van der Waals surface area contributed by atoms with Gasteiger partial charge in [0.2, 0.25) is 5.91 Å². The van der Waals surface area contributed by atoms with E-state index < -0.39 is 0 Å². The Morgan fingerprint density at radius 3 is 2.50 bits per heavy atom. The first-order chi connectivity index (χ1) is 15.6. The Morgan fingerprint density at radius 2 is 1.75 bits per heavy atom. The molecule has 0 saturated heterocycles. The van der Waals surface area contributed by atoms with E-state index in [9.17, 15) is 4.79 Å². The quantitative estimate of drug-likeness (QED) is 0.198. The number of thioether (sulfide) groups is 3. The number of pyridine rings is 1. The van der Waals surface area contributed by atoms with Gasteiger partial charge in [-0.15, -0.1) is 23.5 Å². The molecule has 1 N–H and O–H groups in total. The van der Waals surface area contributed by atoms with Crippen molar-refractivity contribution in [2.45, 2.75) is 67.0 Å². The highest BCUT2D eigenvalue weighted by molar-refractivity contribution is 7.99. The molecule has 0 aliphatic heterocycles. The van der Waals surface area contributed by atoms with Gasteiger partial charge in [-0.3, -0.25) is 4.79 Å². The van der Waals surface area contributed by atoms with Crippen LogP contribution in [0.15, 0.2) is 49.9 Å². The van der Waals surface area contributed by atoms with Crippen LogP contribution in [-0.2, 0) is 4.79 Å². The summed E-state index contributed by atoms with van der Waals surface area (Å²) in [6.07, 6.45) is 11.3. The fraction of sp³-hybridized carbons (Fsp3) is 0.458. The van der Waals surface area contributed by atoms with Crippen molar-refractivity contribution in [3.63, 3.8) is 0 Å². The van der Waals surface area contributed by atoms with Gasteiger partial charge in [0, 0.05) is 22.8 Å². The van der Waals surface area contributed by atoms with Crippen LogP contribution in [0.5, 0.6) is 0 Å². The fourth-order valence-electron chi connectivity index (χ4n) is 3.41. The summed E-state index contributed by atoms with van der Waals surface area (Å²) in [5.41, 5.74) is 3.61. The summed E-state index contributed by atoms with van der Waals surface area (Å²) < 4.78 is 5.73. The summed E-state index contributed by atoms with van der Waals surface area (Å²) in [4.78, 5) is 22.6. The molecule has 0 saturated carbocycles. The van der Waals surface area contributed by atoms with E-state index in [1.807, 2.05) is 49.8 Å². The minimum atomic E-state index is 0.0796. The number of nitrogens with zero attached hydrogens (tertiary/aromatic N) is 2. The predicted octanol–water partition coefficient (Wildman–Crippen LogP) is 7.44. The minimum absolute atomic E-state index is 0.0796. The molecule has 1 amide bonds. The van der Waals surface area contributed by atoms with Crippen LogP contribution < -0.4 is 5.32 Å². The van der Waals surface area contributed by atoms with Gasteiger partial charge in [0.25, 0.3) is 5.22 Å². The van der Waals surface area contributed by atoms with Crippen molar-refractivity contribution in [2.24, 2.45) is 0 Å². The molecule has 3 rings (SSSR count). The molecule has 2 aromatic heterocycles. The zero-order valence-electron chi connectivity index (χ0n) is 19.0. The molecule has 0 atom stereocenters. The van der Waals surface area contributed by atoms with Gasteiger partial charge < -0.3 is 9.73 Å². The zero-order valence-corrected chi connectivity index (χ0v) is 21.4. The van der Waals surface area contributed by atoms with Crippen molar-refractivity contribution in [3.8, 4) is 0 Å². The monoisotopic (exact) mass is 489 g/mol. The Bertz CT molecular complexity index is 965. The maximum Gasteiger partial charge on any atom is 0.256 e. The molecular weight excluding hydrogens is 458 g/mol. The number of oxazole rings is 1. The second-order valence-corrected chi connectivity index (χ2v) is 10.3. The van der Waals surface area contributed by atoms with E-state index in [2.05, 4.69) is 15.3 Å². The Kier molecular flexibility index (Phi) is 10.3. The van der Waals surface area contributed by atoms with E-state index in [1.165, 1.54) is 19.3 Å². The molecule has 0 aliphatic carbocycles. The fourth-order valence-corrected chi connectivity index (χ4v) is 5.55. The molecule has 0 bridgehead atoms. The topological polar surface area (TPSA) is 68.0 Å². The van der Waals surface area contributed by atoms with Crippen LogP contribution in [0.25, 0.3) is 11.1 Å². The van der Waals surface area contributed by atoms with Crippen molar-refractivity contribution in [2.75, 3.05) is 23.6 Å². The van der Waals surface area contributed by atoms with Crippen LogP contribution >= 0.6 is 35.3 Å². The highest BCUT2D eigenvalue weighted by atomic mass is 32.2. The van der Waals surface area contributed by atoms with E-state index >= 15 is 0 Å². The number of unbranched alkanes of at least 4 members (excludes halogenated alkanes) is 5. The van der Waals surface area contributed by atoms with Crippen LogP contribution in [0.1, 0.15) is 50.6 Å². The SMILES string of the molecule is CSc1cc(C)nc(SC)c1NC(=O)CCCCCCCCSc1nc2ccccc2o1. The molecule has 1 aromatic carbocycles. The number of anilines is 1. The Labute approximate surface area is 203 Å². The maximum absolute atomic E-state index is 12.4. The number of aromatic nitrogens is 2. The van der Waals surface area contributed by atoms with Gasteiger partial charge in [-0.05, 0) is 50.5 Å². The van der Waals surface area contributed by atoms with Gasteiger partial charge in [0.15, 0.2) is 5.58 Å². The molecule has 5 nitrogen and oxygen atoms in total. The van der Waals surface area contributed by atoms with Crippen molar-refractivity contribution < 1.29 is 9.21 Å². The molecule has 32 heavy (non-hydrogen) atoms. The highest BCUT2D eigenvalue weighted by Gasteiger charge is 2.13. The second kappa shape index (κ2) is 13.2. The molecule has 8 heteroatoms. The van der Waals surface area contributed by atoms with Crippen LogP contribution in [0.4, 0.5) is 5.69 Å². The van der Waals surface area contributed by atoms with E-state index in [-0.39, 0.29) is 5.91 Å². The standard InChI is InChI=1S/C24H31N3O2S3/c1-17-16-20(30-2)22(23(25-17)31-3)27-21(28)14-8-6-4-5-7-11-15-32-24-26-18-12-9-10-13-19(18)29-24/h9-10,12-13,16H,4-8,11,14-15H2,1-3H3,(H,27,28). The number of nitrogens with one attached hydrogen (secondary N) is 1. The Hall–Kier alpha value is -1.64. The van der Waals surface area contributed by atoms with Crippen molar-refractivity contribution >= 4 is 58.0 Å². The number of para-hydroxylation sites is 2. The first-order valence-corrected chi connectivity index (χ1v) is 14.4. The smallest absolute Gasteiger partial charge is 0.256 e. The summed E-state index contributed by atoms with van der Waals surface area (Å²) in [7, 11) is 0. The Balaban J connectivity index is 1.27. The lowest BCUT2D eigenvalue weighted by Gasteiger charge is -2.14. The third-order valence-electron chi connectivity index (χ3n) is 5.05. The molecule has 3 aromatic rings. The van der Waals surface area contributed by atoms with Crippen molar-refractivity contribution in [3.05, 3.63) is 36.0 Å². The Morgan fingerprint density at radius 1 is 1.00 bits per heavy atom. The van der Waals surface area contributed by atoms with E-state index in [0.717, 1.165) is 62.6 Å². The molecular formula is C24H31N3O2S3. The molecule has 0 spiro atoms. The van der Waals surface area contributed by atoms with E-state index in [0.29, 0.717) is 6.42 Å². The number of aryl methyl sites for hydroxylation is 1. The number of benzene rings is 1. The molecule has 0 aliphatic rings. The van der Waals surface area contributed by atoms with Crippen molar-refractivity contribution in [1.82, 2.24) is 9.97 Å². The average Bonchev–Trinajstić information content (AvgIpc) is 3.21. The highest BCUT2D eigenvalue weighted by Crippen LogP contribution is 2.33. The lowest BCUT2D eigenvalue weighted by atomic mass is 10.1. The molecule has 0 radical (unpaired) electrons. The van der Waals surface area contributed by atoms with Crippen LogP contribution in [0, 0.1) is 6.92 Å². The lowest BCUT2D eigenvalue weighted by molar-refractivity contribution is -0.116. The number of carbonyl (C=O) groups is 1. The number of hydrogen-bond acceptors (Lipinski definition) is 7. The summed E-state index contributed by atoms with van der Waals surface area (Å²) in [6, 6.07) is 9.90. The summed E-state index contributed by atoms with van der Waals surface area (Å²) in [5, 5.41) is 4.74. The van der Waals surface area contributed by atoms with Gasteiger partial charge in [0.1, 0.15) is 10.5 Å². The number of rotatable bonds is 13. The third-order valence-corrected chi connectivity index (χ3v) is 7.41. The maximum atomic E-state index is 12.4. The number of hydrogen-bond donors (Lipinski definition) is 1. The number of amides is 1. The molecule has 0 fully saturated rings. The summed E-state index contributed by atoms with van der Waals surface area (Å²) in [6.45, 7) is 1.99. The second-order valence-electron chi connectivity index (χ2n) is 7.57. The third kappa shape index (κ3) is 7.46. The molecule has 2 heterocycles. The van der Waals surface area contributed by atoms with Gasteiger partial charge in [0.05, 0.1) is 5.69 Å². The normalized spacial score (nSPS) is 11.2. The summed E-state index contributed by atoms with van der Waals surface area (Å²) >= 11 is 4.90. The van der Waals surface area contributed by atoms with Gasteiger partial charge >= 0.3 is 0 Å². The number of fused-ring (bicyclic) bond motifs is 1. The zero-order chi connectivity index (χ0) is 22.8. The first kappa shape index (κ1) is 25.0. The molecule has 0 unspecified atom stereocenters. The predicted molar refractivity (Wildman–Crippen MR) is 138 cm³/mol. The first-order valence-electron chi connectivity index (χ1n) is 11.0. The minimum Gasteiger partial charge on any atom is -0.431 e. The van der Waals surface area contributed by atoms with Crippen molar-refractivity contribution in [1.29, 1.82) is 0 Å². The van der Waals surface area contributed by atoms with Gasteiger partial charge in [-0.25, -0.2) is 9.97 Å². The van der Waals surface area contributed by atoms with Gasteiger partial charge in [-0.2, -0.15) is 0 Å². The van der Waals surface area contributed by atoms with Gasteiger partial charge in [-0.1, -0.05) is 49.6 Å². The van der Waals surface area contributed by atoms with Crippen LogP contribution in [0.3, 0.4) is 0 Å². The largest absolute Gasteiger partial charge is 0.431 e. The number of carbonyl (C=O) groups excluding carboxylic acids is 1. The van der Waals surface area contributed by atoms with Crippen LogP contribution in [-0.4, -0.2) is 34.1 Å². The van der Waals surface area contributed by atoms with Crippen LogP contribution in [0.2, 0.25) is 0 Å². The van der Waals surface area contributed by atoms with E-state index in [4.69, 9.17) is 4.42 Å². The lowest BCUT2D eigenvalue weighted by Crippen LogP contribution is -2.13. The average molecular weight is 490 g/mol. The van der Waals surface area contributed by atoms with E-state index in [1.54, 1.807) is 35.3 Å².